The van der Waals surface area contributed by atoms with Crippen LogP contribution in [0.3, 0.4) is 0 Å². The molecule has 4 rings (SSSR count). The van der Waals surface area contributed by atoms with Crippen LogP contribution in [0.25, 0.3) is 11.1 Å². The first-order valence-electron chi connectivity index (χ1n) is 10.1. The van der Waals surface area contributed by atoms with Crippen LogP contribution in [0.5, 0.6) is 0 Å². The zero-order chi connectivity index (χ0) is 19.7. The van der Waals surface area contributed by atoms with Gasteiger partial charge in [0.25, 0.3) is 5.91 Å². The number of carbonyl (C=O) groups excluding carboxylic acids is 1. The molecule has 2 saturated heterocycles. The van der Waals surface area contributed by atoms with Crippen LogP contribution in [-0.2, 0) is 0 Å². The fraction of sp³-hybridized carbons (Fsp3) is 0.435. The summed E-state index contributed by atoms with van der Waals surface area (Å²) in [5.74, 6) is 0.172. The maximum atomic E-state index is 13.0. The largest absolute Gasteiger partial charge is 0.389 e. The molecule has 0 aromatic heterocycles. The molecular formula is C23H31Cl2N3O2. The van der Waals surface area contributed by atoms with Crippen molar-refractivity contribution in [3.8, 4) is 11.1 Å². The molecule has 2 fully saturated rings. The molecule has 1 amide bonds. The quantitative estimate of drug-likeness (QED) is 0.749. The van der Waals surface area contributed by atoms with Crippen molar-refractivity contribution in [2.75, 3.05) is 45.2 Å². The van der Waals surface area contributed by atoms with Crippen molar-refractivity contribution in [1.82, 2.24) is 10.2 Å². The van der Waals surface area contributed by atoms with Crippen LogP contribution in [0, 0.1) is 5.92 Å². The number of hydrogen-bond donors (Lipinski definition) is 2. The summed E-state index contributed by atoms with van der Waals surface area (Å²) in [6.45, 7) is 2.88. The van der Waals surface area contributed by atoms with E-state index < -0.39 is 5.60 Å². The Bertz CT molecular complexity index is 860. The third kappa shape index (κ3) is 4.75. The molecule has 2 atom stereocenters. The van der Waals surface area contributed by atoms with Crippen molar-refractivity contribution in [2.45, 2.75) is 18.4 Å². The number of nitrogens with zero attached hydrogens (tertiary/aromatic N) is 2. The van der Waals surface area contributed by atoms with Gasteiger partial charge in [-0.3, -0.25) is 4.79 Å². The van der Waals surface area contributed by atoms with E-state index in [2.05, 4.69) is 22.3 Å². The molecule has 0 saturated carbocycles. The van der Waals surface area contributed by atoms with E-state index in [1.807, 2.05) is 55.4 Å². The first kappa shape index (κ1) is 24.5. The Balaban J connectivity index is 0.00000160. The van der Waals surface area contributed by atoms with Crippen LogP contribution < -0.4 is 10.2 Å². The molecule has 7 heteroatoms. The molecule has 0 bridgehead atoms. The predicted molar refractivity (Wildman–Crippen MR) is 127 cm³/mol. The molecule has 164 valence electrons. The molecule has 2 aliphatic heterocycles. The van der Waals surface area contributed by atoms with E-state index in [-0.39, 0.29) is 36.6 Å². The number of amides is 1. The second kappa shape index (κ2) is 10.0. The number of fused-ring (bicyclic) bond motifs is 1. The van der Waals surface area contributed by atoms with Gasteiger partial charge in [-0.15, -0.1) is 24.8 Å². The fourth-order valence-electron chi connectivity index (χ4n) is 4.49. The van der Waals surface area contributed by atoms with Crippen LogP contribution >= 0.6 is 24.8 Å². The fourth-order valence-corrected chi connectivity index (χ4v) is 4.49. The van der Waals surface area contributed by atoms with Crippen LogP contribution in [0.4, 0.5) is 5.69 Å². The monoisotopic (exact) mass is 451 g/mol. The van der Waals surface area contributed by atoms with Gasteiger partial charge in [-0.25, -0.2) is 0 Å². The number of halogens is 2. The number of nitrogens with one attached hydrogen (secondary N) is 1. The molecule has 0 radical (unpaired) electrons. The van der Waals surface area contributed by atoms with Crippen LogP contribution in [-0.4, -0.2) is 61.8 Å². The lowest BCUT2D eigenvalue weighted by molar-refractivity contribution is -0.0817. The summed E-state index contributed by atoms with van der Waals surface area (Å²) in [5.41, 5.74) is 3.51. The van der Waals surface area contributed by atoms with E-state index in [0.29, 0.717) is 25.1 Å². The lowest BCUT2D eigenvalue weighted by Gasteiger charge is -2.47. The Morgan fingerprint density at radius 2 is 1.80 bits per heavy atom. The highest BCUT2D eigenvalue weighted by atomic mass is 35.5. The average Bonchev–Trinajstić information content (AvgIpc) is 2.72. The van der Waals surface area contributed by atoms with Gasteiger partial charge >= 0.3 is 0 Å². The predicted octanol–water partition coefficient (Wildman–Crippen LogP) is 3.45. The van der Waals surface area contributed by atoms with Crippen molar-refractivity contribution >= 4 is 36.4 Å². The minimum absolute atomic E-state index is 0. The number of piperidine rings is 2. The summed E-state index contributed by atoms with van der Waals surface area (Å²) < 4.78 is 0. The zero-order valence-corrected chi connectivity index (χ0v) is 19.1. The standard InChI is InChI=1S/C23H29N3O2.2ClH/c1-25(2)21-6-4-3-5-20(21)17-7-9-18(10-8-17)22(27)26-14-12-23(28)11-13-24-15-19(23)16-26;;/h3-10,19,24,28H,11-16H2,1-2H3;2*1H/t19-,23-;;/m0../s1. The van der Waals surface area contributed by atoms with Gasteiger partial charge in [-0.05, 0) is 43.1 Å². The number of hydrogen-bond acceptors (Lipinski definition) is 4. The van der Waals surface area contributed by atoms with Crippen LogP contribution in [0.1, 0.15) is 23.2 Å². The van der Waals surface area contributed by atoms with E-state index >= 15 is 0 Å². The Morgan fingerprint density at radius 1 is 1.10 bits per heavy atom. The third-order valence-corrected chi connectivity index (χ3v) is 6.26. The van der Waals surface area contributed by atoms with Gasteiger partial charge in [-0.2, -0.15) is 0 Å². The lowest BCUT2D eigenvalue weighted by Crippen LogP contribution is -2.59. The van der Waals surface area contributed by atoms with E-state index in [1.165, 1.54) is 0 Å². The first-order valence-corrected chi connectivity index (χ1v) is 10.1. The molecule has 30 heavy (non-hydrogen) atoms. The van der Waals surface area contributed by atoms with Crippen molar-refractivity contribution in [2.24, 2.45) is 5.92 Å². The minimum Gasteiger partial charge on any atom is -0.389 e. The maximum absolute atomic E-state index is 13.0. The number of anilines is 1. The number of likely N-dealkylation sites (tertiary alicyclic amines) is 1. The summed E-state index contributed by atoms with van der Waals surface area (Å²) in [5, 5.41) is 14.2. The number of rotatable bonds is 3. The highest BCUT2D eigenvalue weighted by molar-refractivity contribution is 5.95. The minimum atomic E-state index is -0.609. The molecule has 2 aromatic carbocycles. The molecule has 2 heterocycles. The van der Waals surface area contributed by atoms with Crippen LogP contribution in [0.15, 0.2) is 48.5 Å². The third-order valence-electron chi connectivity index (χ3n) is 6.26. The molecule has 2 aromatic rings. The number of carbonyl (C=O) groups is 1. The zero-order valence-electron chi connectivity index (χ0n) is 17.5. The Morgan fingerprint density at radius 3 is 2.50 bits per heavy atom. The molecule has 0 aliphatic carbocycles. The number of para-hydroxylation sites is 1. The van der Waals surface area contributed by atoms with Gasteiger partial charge in [0.05, 0.1) is 5.60 Å². The van der Waals surface area contributed by atoms with E-state index in [4.69, 9.17) is 0 Å². The molecule has 0 unspecified atom stereocenters. The van der Waals surface area contributed by atoms with E-state index in [0.717, 1.165) is 36.3 Å². The molecule has 0 spiro atoms. The van der Waals surface area contributed by atoms with E-state index in [1.54, 1.807) is 0 Å². The molecule has 5 nitrogen and oxygen atoms in total. The van der Waals surface area contributed by atoms with Gasteiger partial charge in [0.15, 0.2) is 0 Å². The van der Waals surface area contributed by atoms with Gasteiger partial charge in [0, 0.05) is 56.5 Å². The number of benzene rings is 2. The topological polar surface area (TPSA) is 55.8 Å². The maximum Gasteiger partial charge on any atom is 0.253 e. The van der Waals surface area contributed by atoms with Gasteiger partial charge in [0.1, 0.15) is 0 Å². The first-order chi connectivity index (χ1) is 13.5. The Hall–Kier alpha value is -1.79. The summed E-state index contributed by atoms with van der Waals surface area (Å²) in [7, 11) is 4.07. The second-order valence-corrected chi connectivity index (χ2v) is 8.24. The van der Waals surface area contributed by atoms with Gasteiger partial charge in [0.2, 0.25) is 0 Å². The smallest absolute Gasteiger partial charge is 0.253 e. The second-order valence-electron chi connectivity index (χ2n) is 8.24. The lowest BCUT2D eigenvalue weighted by atomic mass is 9.76. The van der Waals surface area contributed by atoms with E-state index in [9.17, 15) is 9.90 Å². The number of aliphatic hydroxyl groups is 1. The summed E-state index contributed by atoms with van der Waals surface area (Å²) in [6, 6.07) is 16.2. The van der Waals surface area contributed by atoms with Crippen molar-refractivity contribution in [1.29, 1.82) is 0 Å². The highest BCUT2D eigenvalue weighted by Crippen LogP contribution is 2.34. The van der Waals surface area contributed by atoms with Crippen molar-refractivity contribution in [3.63, 3.8) is 0 Å². The van der Waals surface area contributed by atoms with Crippen molar-refractivity contribution in [3.05, 3.63) is 54.1 Å². The average molecular weight is 452 g/mol. The van der Waals surface area contributed by atoms with Crippen molar-refractivity contribution < 1.29 is 9.90 Å². The normalized spacial score (nSPS) is 22.9. The SMILES string of the molecule is CN(C)c1ccccc1-c1ccc(C(=O)N2CC[C@@]3(O)CCNC[C@H]3C2)cc1.Cl.Cl. The molecule has 2 N–H and O–H groups in total. The van der Waals surface area contributed by atoms with Gasteiger partial charge in [-0.1, -0.05) is 30.3 Å². The summed E-state index contributed by atoms with van der Waals surface area (Å²) >= 11 is 0. The Labute approximate surface area is 191 Å². The molecular weight excluding hydrogens is 421 g/mol. The Kier molecular flexibility index (Phi) is 8.17. The molecule has 2 aliphatic rings. The summed E-state index contributed by atoms with van der Waals surface area (Å²) in [4.78, 5) is 17.0. The van der Waals surface area contributed by atoms with Crippen LogP contribution in [0.2, 0.25) is 0 Å². The van der Waals surface area contributed by atoms with Gasteiger partial charge < -0.3 is 20.2 Å². The summed E-state index contributed by atoms with van der Waals surface area (Å²) in [6.07, 6.45) is 1.44. The highest BCUT2D eigenvalue weighted by Gasteiger charge is 2.43.